The molecule has 30 heavy (non-hydrogen) atoms. The molecular formula is C26H20N2O2. The van der Waals surface area contributed by atoms with Gasteiger partial charge in [-0.2, -0.15) is 0 Å². The summed E-state index contributed by atoms with van der Waals surface area (Å²) in [6, 6.07) is 20.0. The van der Waals surface area contributed by atoms with Crippen molar-refractivity contribution in [3.8, 4) is 22.6 Å². The fraction of sp³-hybridized carbons (Fsp3) is 0.0769. The summed E-state index contributed by atoms with van der Waals surface area (Å²) in [5, 5.41) is 26.6. The first-order chi connectivity index (χ1) is 14.5. The predicted molar refractivity (Wildman–Crippen MR) is 123 cm³/mol. The number of benzene rings is 4. The molecule has 0 aliphatic heterocycles. The van der Waals surface area contributed by atoms with Gasteiger partial charge in [0.15, 0.2) is 0 Å². The molecule has 6 rings (SSSR count). The molecule has 0 amide bonds. The highest BCUT2D eigenvalue weighted by Gasteiger charge is 2.21. The average molecular weight is 392 g/mol. The van der Waals surface area contributed by atoms with Crippen molar-refractivity contribution >= 4 is 43.6 Å². The van der Waals surface area contributed by atoms with Gasteiger partial charge in [-0.25, -0.2) is 0 Å². The third-order valence-electron chi connectivity index (χ3n) is 6.20. The molecule has 0 atom stereocenters. The fourth-order valence-corrected chi connectivity index (χ4v) is 4.85. The summed E-state index contributed by atoms with van der Waals surface area (Å²) in [5.41, 5.74) is 6.68. The monoisotopic (exact) mass is 392 g/mol. The molecule has 0 fully saturated rings. The standard InChI is InChI=1S/C26H20N2O2/c1-13-11-17(25(29)23-21(13)15-7-3-5-9-19(15)27-23)18-12-14(2)22-16-8-4-6-10-20(16)28-24(22)26(18)30/h3-12,27-30H,1-2H3. The van der Waals surface area contributed by atoms with Crippen molar-refractivity contribution in [1.82, 2.24) is 9.97 Å². The molecular weight excluding hydrogens is 372 g/mol. The Bertz CT molecular complexity index is 1510. The number of hydrogen-bond donors (Lipinski definition) is 4. The minimum absolute atomic E-state index is 0.150. The largest absolute Gasteiger partial charge is 0.505 e. The van der Waals surface area contributed by atoms with Gasteiger partial charge in [0.25, 0.3) is 0 Å². The van der Waals surface area contributed by atoms with Gasteiger partial charge < -0.3 is 20.2 Å². The van der Waals surface area contributed by atoms with Crippen LogP contribution in [0.5, 0.6) is 11.5 Å². The number of H-pyrrole nitrogens is 2. The Labute approximate surface area is 172 Å². The fourth-order valence-electron chi connectivity index (χ4n) is 4.85. The van der Waals surface area contributed by atoms with Gasteiger partial charge in [0.1, 0.15) is 11.5 Å². The van der Waals surface area contributed by atoms with Crippen LogP contribution in [-0.4, -0.2) is 20.2 Å². The van der Waals surface area contributed by atoms with Crippen molar-refractivity contribution in [2.45, 2.75) is 13.8 Å². The summed E-state index contributed by atoms with van der Waals surface area (Å²) in [4.78, 5) is 6.70. The van der Waals surface area contributed by atoms with Crippen LogP contribution in [0, 0.1) is 13.8 Å². The van der Waals surface area contributed by atoms with Crippen molar-refractivity contribution < 1.29 is 10.2 Å². The van der Waals surface area contributed by atoms with Gasteiger partial charge in [0, 0.05) is 43.7 Å². The first-order valence-corrected chi connectivity index (χ1v) is 10.0. The van der Waals surface area contributed by atoms with Crippen LogP contribution in [0.25, 0.3) is 54.7 Å². The highest BCUT2D eigenvalue weighted by molar-refractivity contribution is 6.15. The Morgan fingerprint density at radius 3 is 1.43 bits per heavy atom. The number of hydrogen-bond acceptors (Lipinski definition) is 2. The van der Waals surface area contributed by atoms with E-state index in [1.165, 1.54) is 0 Å². The SMILES string of the molecule is Cc1cc(-c2cc(C)c3c([nH]c4ccccc43)c2O)c(O)c2[nH]c3ccccc3c12. The van der Waals surface area contributed by atoms with Crippen LogP contribution < -0.4 is 0 Å². The van der Waals surface area contributed by atoms with Gasteiger partial charge in [-0.15, -0.1) is 0 Å². The number of aromatic hydroxyl groups is 2. The highest BCUT2D eigenvalue weighted by Crippen LogP contribution is 2.46. The Morgan fingerprint density at radius 1 is 0.600 bits per heavy atom. The quantitative estimate of drug-likeness (QED) is 0.253. The van der Waals surface area contributed by atoms with E-state index in [2.05, 4.69) is 22.1 Å². The molecule has 4 aromatic carbocycles. The van der Waals surface area contributed by atoms with Gasteiger partial charge in [0.2, 0.25) is 0 Å². The van der Waals surface area contributed by atoms with Crippen LogP contribution in [-0.2, 0) is 0 Å². The number of rotatable bonds is 1. The van der Waals surface area contributed by atoms with Crippen molar-refractivity contribution in [1.29, 1.82) is 0 Å². The number of para-hydroxylation sites is 2. The van der Waals surface area contributed by atoms with Crippen LogP contribution in [0.15, 0.2) is 60.7 Å². The summed E-state index contributed by atoms with van der Waals surface area (Å²) < 4.78 is 0. The molecule has 0 aliphatic carbocycles. The second-order valence-corrected chi connectivity index (χ2v) is 8.02. The minimum Gasteiger partial charge on any atom is -0.505 e. The molecule has 6 aromatic rings. The topological polar surface area (TPSA) is 72.0 Å². The normalized spacial score (nSPS) is 11.9. The summed E-state index contributed by atoms with van der Waals surface area (Å²) in [5.74, 6) is 0.300. The smallest absolute Gasteiger partial charge is 0.147 e. The lowest BCUT2D eigenvalue weighted by Crippen LogP contribution is -1.88. The second kappa shape index (κ2) is 5.80. The van der Waals surface area contributed by atoms with Crippen LogP contribution in [0.3, 0.4) is 0 Å². The maximum absolute atomic E-state index is 11.2. The van der Waals surface area contributed by atoms with Gasteiger partial charge >= 0.3 is 0 Å². The van der Waals surface area contributed by atoms with E-state index in [1.807, 2.05) is 62.4 Å². The van der Waals surface area contributed by atoms with Crippen LogP contribution in [0.4, 0.5) is 0 Å². The molecule has 0 aliphatic rings. The summed E-state index contributed by atoms with van der Waals surface area (Å²) in [6.45, 7) is 4.08. The maximum Gasteiger partial charge on any atom is 0.147 e. The van der Waals surface area contributed by atoms with Gasteiger partial charge in [-0.05, 0) is 49.2 Å². The molecule has 0 spiro atoms. The lowest BCUT2D eigenvalue weighted by atomic mass is 9.94. The lowest BCUT2D eigenvalue weighted by molar-refractivity contribution is 0.474. The molecule has 0 saturated heterocycles. The molecule has 146 valence electrons. The van der Waals surface area contributed by atoms with E-state index < -0.39 is 0 Å². The van der Waals surface area contributed by atoms with E-state index in [-0.39, 0.29) is 11.5 Å². The third kappa shape index (κ3) is 2.10. The highest BCUT2D eigenvalue weighted by atomic mass is 16.3. The van der Waals surface area contributed by atoms with E-state index in [0.29, 0.717) is 22.2 Å². The first-order valence-electron chi connectivity index (χ1n) is 10.0. The number of phenolic OH excluding ortho intramolecular Hbond substituents is 2. The molecule has 0 saturated carbocycles. The third-order valence-corrected chi connectivity index (χ3v) is 6.20. The predicted octanol–water partition coefficient (Wildman–Crippen LogP) is 6.65. The molecule has 4 nitrogen and oxygen atoms in total. The number of fused-ring (bicyclic) bond motifs is 6. The summed E-state index contributed by atoms with van der Waals surface area (Å²) >= 11 is 0. The van der Waals surface area contributed by atoms with Crippen molar-refractivity contribution in [2.24, 2.45) is 0 Å². The first kappa shape index (κ1) is 17.0. The Hall–Kier alpha value is -3.92. The Kier molecular flexibility index (Phi) is 3.28. The molecule has 0 radical (unpaired) electrons. The van der Waals surface area contributed by atoms with E-state index in [4.69, 9.17) is 0 Å². The zero-order chi connectivity index (χ0) is 20.6. The number of aryl methyl sites for hydroxylation is 2. The van der Waals surface area contributed by atoms with E-state index in [1.54, 1.807) is 0 Å². The minimum atomic E-state index is 0.150. The van der Waals surface area contributed by atoms with Crippen molar-refractivity contribution in [3.63, 3.8) is 0 Å². The van der Waals surface area contributed by atoms with Crippen LogP contribution in [0.1, 0.15) is 11.1 Å². The van der Waals surface area contributed by atoms with Crippen molar-refractivity contribution in [2.75, 3.05) is 0 Å². The molecule has 2 aromatic heterocycles. The van der Waals surface area contributed by atoms with Crippen molar-refractivity contribution in [3.05, 3.63) is 71.8 Å². The van der Waals surface area contributed by atoms with Gasteiger partial charge in [0.05, 0.1) is 11.0 Å². The second-order valence-electron chi connectivity index (χ2n) is 8.02. The average Bonchev–Trinajstić information content (AvgIpc) is 3.33. The van der Waals surface area contributed by atoms with Crippen LogP contribution in [0.2, 0.25) is 0 Å². The zero-order valence-corrected chi connectivity index (χ0v) is 16.7. The number of aromatic nitrogens is 2. The molecule has 2 heterocycles. The van der Waals surface area contributed by atoms with E-state index in [9.17, 15) is 10.2 Å². The summed E-state index contributed by atoms with van der Waals surface area (Å²) in [7, 11) is 0. The van der Waals surface area contributed by atoms with Gasteiger partial charge in [-0.3, -0.25) is 0 Å². The Morgan fingerprint density at radius 2 is 1.00 bits per heavy atom. The molecule has 0 unspecified atom stereocenters. The summed E-state index contributed by atoms with van der Waals surface area (Å²) in [6.07, 6.45) is 0. The molecule has 4 N–H and O–H groups in total. The zero-order valence-electron chi connectivity index (χ0n) is 16.7. The van der Waals surface area contributed by atoms with Crippen LogP contribution >= 0.6 is 0 Å². The van der Waals surface area contributed by atoms with Gasteiger partial charge in [-0.1, -0.05) is 36.4 Å². The number of phenols is 2. The number of nitrogens with one attached hydrogen (secondary N) is 2. The molecule has 4 heteroatoms. The van der Waals surface area contributed by atoms with E-state index in [0.717, 1.165) is 43.7 Å². The van der Waals surface area contributed by atoms with E-state index >= 15 is 0 Å². The number of aromatic amines is 2. The lowest BCUT2D eigenvalue weighted by Gasteiger charge is -2.12. The Balaban J connectivity index is 1.71. The maximum atomic E-state index is 11.2. The molecule has 0 bridgehead atoms.